The summed E-state index contributed by atoms with van der Waals surface area (Å²) >= 11 is 1.66. The molecule has 2 N–H and O–H groups in total. The van der Waals surface area contributed by atoms with Gasteiger partial charge in [0.1, 0.15) is 5.75 Å². The Hall–Kier alpha value is -1.85. The van der Waals surface area contributed by atoms with Crippen molar-refractivity contribution in [3.05, 3.63) is 52.2 Å². The van der Waals surface area contributed by atoms with Gasteiger partial charge in [-0.3, -0.25) is 4.79 Å². The fraction of sp³-hybridized carbons (Fsp3) is 0.312. The molecule has 0 spiro atoms. The molecule has 0 aliphatic heterocycles. The summed E-state index contributed by atoms with van der Waals surface area (Å²) in [4.78, 5) is 13.2. The number of aliphatic hydroxyl groups excluding tert-OH is 1. The lowest BCUT2D eigenvalue weighted by atomic mass is 10.1. The number of carbonyl (C=O) groups is 1. The number of methoxy groups -OCH3 is 1. The van der Waals surface area contributed by atoms with Gasteiger partial charge in [0.05, 0.1) is 7.11 Å². The van der Waals surface area contributed by atoms with Gasteiger partial charge in [-0.15, -0.1) is 11.3 Å². The third-order valence-corrected chi connectivity index (χ3v) is 4.37. The zero-order valence-corrected chi connectivity index (χ0v) is 12.9. The zero-order chi connectivity index (χ0) is 15.2. The summed E-state index contributed by atoms with van der Waals surface area (Å²) in [5, 5.41) is 14.9. The first-order valence-corrected chi connectivity index (χ1v) is 7.63. The predicted molar refractivity (Wildman–Crippen MR) is 83.7 cm³/mol. The monoisotopic (exact) mass is 305 g/mol. The van der Waals surface area contributed by atoms with Gasteiger partial charge in [-0.05, 0) is 29.1 Å². The third kappa shape index (κ3) is 4.06. The SMILES string of the molecule is COc1cccc([C@@H](O)C(=O)NC[C@H](C)c2cccs2)c1. The van der Waals surface area contributed by atoms with Crippen LogP contribution in [0.1, 0.15) is 29.4 Å². The van der Waals surface area contributed by atoms with Crippen LogP contribution in [0.3, 0.4) is 0 Å². The number of thiophene rings is 1. The molecule has 0 fully saturated rings. The van der Waals surface area contributed by atoms with Crippen LogP contribution in [0.5, 0.6) is 5.75 Å². The van der Waals surface area contributed by atoms with Gasteiger partial charge in [0.15, 0.2) is 6.10 Å². The van der Waals surface area contributed by atoms with E-state index in [-0.39, 0.29) is 5.92 Å². The Morgan fingerprint density at radius 3 is 2.86 bits per heavy atom. The topological polar surface area (TPSA) is 58.6 Å². The quantitative estimate of drug-likeness (QED) is 0.862. The number of rotatable bonds is 6. The second-order valence-electron chi connectivity index (χ2n) is 4.84. The molecule has 0 saturated carbocycles. The lowest BCUT2D eigenvalue weighted by Gasteiger charge is -2.15. The average Bonchev–Trinajstić information content (AvgIpc) is 3.06. The van der Waals surface area contributed by atoms with Crippen LogP contribution >= 0.6 is 11.3 Å². The number of benzene rings is 1. The Bertz CT molecular complexity index is 583. The highest BCUT2D eigenvalue weighted by Crippen LogP contribution is 2.21. The molecule has 2 atom stereocenters. The smallest absolute Gasteiger partial charge is 0.253 e. The van der Waals surface area contributed by atoms with E-state index in [2.05, 4.69) is 5.32 Å². The van der Waals surface area contributed by atoms with E-state index in [0.29, 0.717) is 17.9 Å². The van der Waals surface area contributed by atoms with Crippen LogP contribution in [0.15, 0.2) is 41.8 Å². The highest BCUT2D eigenvalue weighted by molar-refractivity contribution is 7.10. The second kappa shape index (κ2) is 7.24. The minimum Gasteiger partial charge on any atom is -0.497 e. The number of ether oxygens (including phenoxy) is 1. The summed E-state index contributed by atoms with van der Waals surface area (Å²) in [7, 11) is 1.55. The molecule has 2 aromatic rings. The zero-order valence-electron chi connectivity index (χ0n) is 12.1. The van der Waals surface area contributed by atoms with Crippen LogP contribution in [-0.4, -0.2) is 24.7 Å². The molecule has 2 rings (SSSR count). The molecule has 1 aromatic heterocycles. The number of nitrogens with one attached hydrogen (secondary N) is 1. The van der Waals surface area contributed by atoms with Crippen molar-refractivity contribution in [1.29, 1.82) is 0 Å². The van der Waals surface area contributed by atoms with Crippen LogP contribution in [0, 0.1) is 0 Å². The van der Waals surface area contributed by atoms with Crippen LogP contribution in [0.25, 0.3) is 0 Å². The summed E-state index contributed by atoms with van der Waals surface area (Å²) in [6.45, 7) is 2.55. The number of amides is 1. The second-order valence-corrected chi connectivity index (χ2v) is 5.82. The van der Waals surface area contributed by atoms with Gasteiger partial charge in [-0.1, -0.05) is 25.1 Å². The molecule has 0 unspecified atom stereocenters. The first-order chi connectivity index (χ1) is 10.1. The molecule has 112 valence electrons. The number of hydrogen-bond donors (Lipinski definition) is 2. The maximum Gasteiger partial charge on any atom is 0.253 e. The van der Waals surface area contributed by atoms with Gasteiger partial charge in [0.2, 0.25) is 0 Å². The van der Waals surface area contributed by atoms with Crippen molar-refractivity contribution in [3.8, 4) is 5.75 Å². The van der Waals surface area contributed by atoms with Crippen molar-refractivity contribution in [2.24, 2.45) is 0 Å². The number of carbonyl (C=O) groups excluding carboxylic acids is 1. The first kappa shape index (κ1) is 15.5. The van der Waals surface area contributed by atoms with E-state index in [9.17, 15) is 9.90 Å². The molecule has 5 heteroatoms. The Morgan fingerprint density at radius 2 is 2.19 bits per heavy atom. The van der Waals surface area contributed by atoms with Crippen molar-refractivity contribution in [1.82, 2.24) is 5.32 Å². The first-order valence-electron chi connectivity index (χ1n) is 6.75. The van der Waals surface area contributed by atoms with E-state index in [0.717, 1.165) is 0 Å². The van der Waals surface area contributed by atoms with Crippen molar-refractivity contribution >= 4 is 17.2 Å². The fourth-order valence-corrected chi connectivity index (χ4v) is 2.77. The Balaban J connectivity index is 1.93. The Labute approximate surface area is 128 Å². The van der Waals surface area contributed by atoms with Crippen LogP contribution in [-0.2, 0) is 4.79 Å². The van der Waals surface area contributed by atoms with Gasteiger partial charge in [-0.2, -0.15) is 0 Å². The normalized spacial score (nSPS) is 13.5. The van der Waals surface area contributed by atoms with E-state index in [1.54, 1.807) is 42.7 Å². The molecular formula is C16H19NO3S. The molecule has 0 bridgehead atoms. The van der Waals surface area contributed by atoms with E-state index >= 15 is 0 Å². The van der Waals surface area contributed by atoms with E-state index in [1.165, 1.54) is 4.88 Å². The minimum atomic E-state index is -1.18. The summed E-state index contributed by atoms with van der Waals surface area (Å²) in [6, 6.07) is 10.9. The molecule has 1 aromatic carbocycles. The number of aliphatic hydroxyl groups is 1. The minimum absolute atomic E-state index is 0.228. The molecule has 0 saturated heterocycles. The third-order valence-electron chi connectivity index (χ3n) is 3.27. The van der Waals surface area contributed by atoms with E-state index < -0.39 is 12.0 Å². The average molecular weight is 305 g/mol. The van der Waals surface area contributed by atoms with Crippen LogP contribution < -0.4 is 10.1 Å². The van der Waals surface area contributed by atoms with Crippen molar-refractivity contribution < 1.29 is 14.6 Å². The molecular weight excluding hydrogens is 286 g/mol. The van der Waals surface area contributed by atoms with Gasteiger partial charge in [0.25, 0.3) is 5.91 Å². The summed E-state index contributed by atoms with van der Waals surface area (Å²) < 4.78 is 5.09. The lowest BCUT2D eigenvalue weighted by Crippen LogP contribution is -2.32. The van der Waals surface area contributed by atoms with Gasteiger partial charge in [-0.25, -0.2) is 0 Å². The van der Waals surface area contributed by atoms with Gasteiger partial charge >= 0.3 is 0 Å². The predicted octanol–water partition coefficient (Wildman–Crippen LogP) is 2.71. The molecule has 1 amide bonds. The van der Waals surface area contributed by atoms with E-state index in [1.807, 2.05) is 24.4 Å². The maximum absolute atomic E-state index is 12.0. The summed E-state index contributed by atoms with van der Waals surface area (Å²) in [5.74, 6) is 0.449. The van der Waals surface area contributed by atoms with Gasteiger partial charge < -0.3 is 15.2 Å². The molecule has 1 heterocycles. The molecule has 4 nitrogen and oxygen atoms in total. The van der Waals surface area contributed by atoms with E-state index in [4.69, 9.17) is 4.74 Å². The Kier molecular flexibility index (Phi) is 5.36. The highest BCUT2D eigenvalue weighted by atomic mass is 32.1. The maximum atomic E-state index is 12.0. The Morgan fingerprint density at radius 1 is 1.38 bits per heavy atom. The van der Waals surface area contributed by atoms with Gasteiger partial charge in [0, 0.05) is 17.3 Å². The fourth-order valence-electron chi connectivity index (χ4n) is 1.99. The summed E-state index contributed by atoms with van der Waals surface area (Å²) in [5.41, 5.74) is 0.524. The van der Waals surface area contributed by atoms with Crippen molar-refractivity contribution in [2.45, 2.75) is 18.9 Å². The summed E-state index contributed by atoms with van der Waals surface area (Å²) in [6.07, 6.45) is -1.18. The van der Waals surface area contributed by atoms with Crippen LogP contribution in [0.4, 0.5) is 0 Å². The van der Waals surface area contributed by atoms with Crippen molar-refractivity contribution in [3.63, 3.8) is 0 Å². The number of hydrogen-bond acceptors (Lipinski definition) is 4. The molecule has 0 aliphatic rings. The standard InChI is InChI=1S/C16H19NO3S/c1-11(14-7-4-8-21-14)10-17-16(19)15(18)12-5-3-6-13(9-12)20-2/h3-9,11,15,18H,10H2,1-2H3,(H,17,19)/t11-,15+/m0/s1. The van der Waals surface area contributed by atoms with Crippen molar-refractivity contribution in [2.75, 3.05) is 13.7 Å². The molecule has 0 radical (unpaired) electrons. The lowest BCUT2D eigenvalue weighted by molar-refractivity contribution is -0.129. The highest BCUT2D eigenvalue weighted by Gasteiger charge is 2.18. The van der Waals surface area contributed by atoms with Crippen LogP contribution in [0.2, 0.25) is 0 Å². The largest absolute Gasteiger partial charge is 0.497 e. The molecule has 21 heavy (non-hydrogen) atoms. The molecule has 0 aliphatic carbocycles.